The number of nitrogens with one attached hydrogen (secondary N) is 1. The second kappa shape index (κ2) is 5.52. The van der Waals surface area contributed by atoms with Gasteiger partial charge in [-0.15, -0.1) is 0 Å². The second-order valence-electron chi connectivity index (χ2n) is 3.85. The summed E-state index contributed by atoms with van der Waals surface area (Å²) in [7, 11) is 0. The summed E-state index contributed by atoms with van der Waals surface area (Å²) in [4.78, 5) is 25.3. The Kier molecular flexibility index (Phi) is 4.30. The minimum atomic E-state index is -1.37. The molecule has 0 saturated heterocycles. The number of pyridine rings is 1. The van der Waals surface area contributed by atoms with Crippen LogP contribution in [0.25, 0.3) is 0 Å². The van der Waals surface area contributed by atoms with Crippen molar-refractivity contribution in [3.8, 4) is 0 Å². The lowest BCUT2D eigenvalue weighted by atomic mass is 10.0. The zero-order chi connectivity index (χ0) is 13.9. The van der Waals surface area contributed by atoms with E-state index in [0.29, 0.717) is 0 Å². The summed E-state index contributed by atoms with van der Waals surface area (Å²) >= 11 is 0. The van der Waals surface area contributed by atoms with E-state index in [1.807, 2.05) is 0 Å². The van der Waals surface area contributed by atoms with Gasteiger partial charge in [0.15, 0.2) is 5.82 Å². The first-order chi connectivity index (χ1) is 8.34. The first-order valence-electron chi connectivity index (χ1n) is 5.18. The van der Waals surface area contributed by atoms with Gasteiger partial charge < -0.3 is 10.4 Å². The summed E-state index contributed by atoms with van der Waals surface area (Å²) in [6.07, 6.45) is 0.957. The predicted octanol–water partition coefficient (Wildman–Crippen LogP) is 1.20. The van der Waals surface area contributed by atoms with E-state index in [-0.39, 0.29) is 0 Å². The maximum atomic E-state index is 13.2. The standard InChI is InChI=1S/C11H12F2N2O3/c1-5(11(17)18)6(2)15-10(16)7-3-4-14-9(13)8(7)12/h3-6H,1-2H3,(H,15,16)(H,17,18). The van der Waals surface area contributed by atoms with Crippen LogP contribution >= 0.6 is 0 Å². The molecule has 1 rings (SSSR count). The zero-order valence-corrected chi connectivity index (χ0v) is 9.78. The van der Waals surface area contributed by atoms with Crippen LogP contribution in [0.1, 0.15) is 24.2 Å². The molecule has 1 amide bonds. The number of hydrogen-bond donors (Lipinski definition) is 2. The van der Waals surface area contributed by atoms with Gasteiger partial charge in [0, 0.05) is 12.2 Å². The summed E-state index contributed by atoms with van der Waals surface area (Å²) < 4.78 is 26.1. The summed E-state index contributed by atoms with van der Waals surface area (Å²) in [5.41, 5.74) is -0.507. The van der Waals surface area contributed by atoms with Crippen molar-refractivity contribution in [1.29, 1.82) is 0 Å². The number of hydrogen-bond acceptors (Lipinski definition) is 3. The van der Waals surface area contributed by atoms with Crippen molar-refractivity contribution in [2.24, 2.45) is 5.92 Å². The zero-order valence-electron chi connectivity index (χ0n) is 9.78. The topological polar surface area (TPSA) is 79.3 Å². The molecule has 7 heteroatoms. The molecule has 0 bridgehead atoms. The Labute approximate surface area is 102 Å². The first kappa shape index (κ1) is 14.0. The van der Waals surface area contributed by atoms with E-state index in [1.165, 1.54) is 13.8 Å². The van der Waals surface area contributed by atoms with E-state index < -0.39 is 41.2 Å². The lowest BCUT2D eigenvalue weighted by Gasteiger charge is -2.17. The second-order valence-corrected chi connectivity index (χ2v) is 3.85. The van der Waals surface area contributed by atoms with Gasteiger partial charge in [-0.1, -0.05) is 0 Å². The molecule has 98 valence electrons. The van der Waals surface area contributed by atoms with Gasteiger partial charge in [0.2, 0.25) is 5.95 Å². The van der Waals surface area contributed by atoms with Crippen LogP contribution < -0.4 is 5.32 Å². The molecule has 1 aromatic heterocycles. The van der Waals surface area contributed by atoms with Crippen molar-refractivity contribution in [2.45, 2.75) is 19.9 Å². The van der Waals surface area contributed by atoms with Gasteiger partial charge in [-0.3, -0.25) is 9.59 Å². The SMILES string of the molecule is CC(NC(=O)c1ccnc(F)c1F)C(C)C(=O)O. The van der Waals surface area contributed by atoms with Crippen LogP contribution in [-0.2, 0) is 4.79 Å². The van der Waals surface area contributed by atoms with Crippen LogP contribution in [0.15, 0.2) is 12.3 Å². The smallest absolute Gasteiger partial charge is 0.308 e. The van der Waals surface area contributed by atoms with Gasteiger partial charge in [0.1, 0.15) is 0 Å². The molecule has 0 aromatic carbocycles. The Balaban J connectivity index is 2.83. The number of aliphatic carboxylic acids is 1. The van der Waals surface area contributed by atoms with Crippen molar-refractivity contribution in [1.82, 2.24) is 10.3 Å². The summed E-state index contributed by atoms with van der Waals surface area (Å²) in [6.45, 7) is 2.86. The average molecular weight is 258 g/mol. The Morgan fingerprint density at radius 3 is 2.56 bits per heavy atom. The van der Waals surface area contributed by atoms with E-state index in [1.54, 1.807) is 0 Å². The van der Waals surface area contributed by atoms with Gasteiger partial charge in [0.25, 0.3) is 5.91 Å². The first-order valence-corrected chi connectivity index (χ1v) is 5.18. The number of carbonyl (C=O) groups is 2. The van der Waals surface area contributed by atoms with E-state index in [4.69, 9.17) is 5.11 Å². The van der Waals surface area contributed by atoms with Gasteiger partial charge in [-0.05, 0) is 19.9 Å². The molecule has 5 nitrogen and oxygen atoms in total. The average Bonchev–Trinajstić information content (AvgIpc) is 2.31. The van der Waals surface area contributed by atoms with E-state index >= 15 is 0 Å². The van der Waals surface area contributed by atoms with Crippen molar-refractivity contribution in [2.75, 3.05) is 0 Å². The maximum Gasteiger partial charge on any atom is 0.308 e. The van der Waals surface area contributed by atoms with Gasteiger partial charge in [-0.2, -0.15) is 4.39 Å². The van der Waals surface area contributed by atoms with Crippen molar-refractivity contribution >= 4 is 11.9 Å². The third-order valence-electron chi connectivity index (χ3n) is 2.59. The number of amides is 1. The largest absolute Gasteiger partial charge is 0.481 e. The molecule has 0 radical (unpaired) electrons. The van der Waals surface area contributed by atoms with E-state index in [9.17, 15) is 18.4 Å². The maximum absolute atomic E-state index is 13.2. The van der Waals surface area contributed by atoms with Gasteiger partial charge in [0.05, 0.1) is 11.5 Å². The van der Waals surface area contributed by atoms with Crippen LogP contribution in [0, 0.1) is 17.7 Å². The minimum absolute atomic E-state index is 0.507. The van der Waals surface area contributed by atoms with E-state index in [2.05, 4.69) is 10.3 Å². The van der Waals surface area contributed by atoms with Crippen molar-refractivity contribution in [3.05, 3.63) is 29.6 Å². The molecule has 0 saturated carbocycles. The molecule has 1 aromatic rings. The molecule has 0 spiro atoms. The molecule has 0 aliphatic heterocycles. The van der Waals surface area contributed by atoms with Crippen LogP contribution in [-0.4, -0.2) is 28.0 Å². The summed E-state index contributed by atoms with van der Waals surface area (Å²) in [5, 5.41) is 11.0. The quantitative estimate of drug-likeness (QED) is 0.795. The molecule has 1 heterocycles. The van der Waals surface area contributed by atoms with Crippen LogP contribution in [0.5, 0.6) is 0 Å². The number of nitrogens with zero attached hydrogens (tertiary/aromatic N) is 1. The Morgan fingerprint density at radius 1 is 1.39 bits per heavy atom. The fourth-order valence-corrected chi connectivity index (χ4v) is 1.22. The molecule has 0 aliphatic rings. The molecule has 2 atom stereocenters. The van der Waals surface area contributed by atoms with Crippen molar-refractivity contribution in [3.63, 3.8) is 0 Å². The number of carbonyl (C=O) groups excluding carboxylic acids is 1. The van der Waals surface area contributed by atoms with Gasteiger partial charge in [-0.25, -0.2) is 9.37 Å². The molecule has 18 heavy (non-hydrogen) atoms. The highest BCUT2D eigenvalue weighted by Crippen LogP contribution is 2.10. The molecule has 0 aliphatic carbocycles. The molecule has 2 N–H and O–H groups in total. The van der Waals surface area contributed by atoms with Crippen molar-refractivity contribution < 1.29 is 23.5 Å². The Hall–Kier alpha value is -2.05. The number of carboxylic acids is 1. The lowest BCUT2D eigenvalue weighted by molar-refractivity contribution is -0.141. The third-order valence-corrected chi connectivity index (χ3v) is 2.59. The van der Waals surface area contributed by atoms with Crippen LogP contribution in [0.3, 0.4) is 0 Å². The molecule has 2 unspecified atom stereocenters. The number of carboxylic acid groups (broad SMARTS) is 1. The highest BCUT2D eigenvalue weighted by molar-refractivity contribution is 5.94. The predicted molar refractivity (Wildman–Crippen MR) is 57.9 cm³/mol. The fraction of sp³-hybridized carbons (Fsp3) is 0.364. The highest BCUT2D eigenvalue weighted by Gasteiger charge is 2.23. The Morgan fingerprint density at radius 2 is 2.00 bits per heavy atom. The minimum Gasteiger partial charge on any atom is -0.481 e. The molecular weight excluding hydrogens is 246 g/mol. The highest BCUT2D eigenvalue weighted by atomic mass is 19.2. The fourth-order valence-electron chi connectivity index (χ4n) is 1.22. The van der Waals surface area contributed by atoms with Crippen LogP contribution in [0.4, 0.5) is 8.78 Å². The third kappa shape index (κ3) is 2.99. The van der Waals surface area contributed by atoms with Crippen LogP contribution in [0.2, 0.25) is 0 Å². The monoisotopic (exact) mass is 258 g/mol. The number of halogens is 2. The number of rotatable bonds is 4. The summed E-state index contributed by atoms with van der Waals surface area (Å²) in [5.74, 6) is -5.55. The number of aromatic nitrogens is 1. The van der Waals surface area contributed by atoms with Gasteiger partial charge >= 0.3 is 5.97 Å². The molecular formula is C11H12F2N2O3. The summed E-state index contributed by atoms with van der Waals surface area (Å²) in [6, 6.07) is 0.303. The van der Waals surface area contributed by atoms with E-state index in [0.717, 1.165) is 12.3 Å². The molecule has 0 fully saturated rings. The normalized spacial score (nSPS) is 13.8. The Bertz CT molecular complexity index is 479. The lowest BCUT2D eigenvalue weighted by Crippen LogP contribution is -2.40.